The molecule has 0 bridgehead atoms. The minimum atomic E-state index is -0.337. The summed E-state index contributed by atoms with van der Waals surface area (Å²) in [7, 11) is 0. The number of carbonyl (C=O) groups is 1. The van der Waals surface area contributed by atoms with Crippen molar-refractivity contribution in [3.63, 3.8) is 0 Å². The van der Waals surface area contributed by atoms with Crippen LogP contribution in [0.4, 0.5) is 5.82 Å². The molecule has 0 aliphatic carbocycles. The highest BCUT2D eigenvalue weighted by atomic mass is 16.2. The minimum Gasteiger partial charge on any atom is -0.329 e. The van der Waals surface area contributed by atoms with Gasteiger partial charge in [-0.05, 0) is 24.6 Å². The Balaban J connectivity index is 2.07. The molecule has 0 spiro atoms. The smallest absolute Gasteiger partial charge is 0.278 e. The van der Waals surface area contributed by atoms with E-state index < -0.39 is 0 Å². The van der Waals surface area contributed by atoms with E-state index in [2.05, 4.69) is 20.6 Å². The van der Waals surface area contributed by atoms with Crippen molar-refractivity contribution in [1.29, 1.82) is 0 Å². The van der Waals surface area contributed by atoms with Crippen molar-refractivity contribution in [1.82, 2.24) is 20.0 Å². The van der Waals surface area contributed by atoms with Crippen molar-refractivity contribution in [2.75, 3.05) is 11.9 Å². The number of nitrogens with one attached hydrogen (secondary N) is 1. The van der Waals surface area contributed by atoms with Gasteiger partial charge in [-0.1, -0.05) is 5.21 Å². The van der Waals surface area contributed by atoms with Gasteiger partial charge in [0.05, 0.1) is 12.7 Å². The molecule has 1 amide bonds. The normalized spacial score (nSPS) is 10.3. The largest absolute Gasteiger partial charge is 0.329 e. The number of pyridine rings is 1. The molecule has 7 nitrogen and oxygen atoms in total. The standard InChI is InChI=1S/C11H14N6O/c1-8-2-4-13-10(6-8)14-11(18)9-7-17(5-3-12)16-15-9/h2,4,6-7H,3,5,12H2,1H3,(H,13,14,18). The first-order chi connectivity index (χ1) is 8.69. The monoisotopic (exact) mass is 246 g/mol. The number of amides is 1. The Morgan fingerprint density at radius 3 is 3.11 bits per heavy atom. The van der Waals surface area contributed by atoms with Crippen LogP contribution in [0, 0.1) is 6.92 Å². The van der Waals surface area contributed by atoms with E-state index in [9.17, 15) is 4.79 Å². The average Bonchev–Trinajstić information content (AvgIpc) is 2.78. The summed E-state index contributed by atoms with van der Waals surface area (Å²) in [6, 6.07) is 3.63. The minimum absolute atomic E-state index is 0.242. The molecule has 2 aromatic heterocycles. The third-order valence-corrected chi connectivity index (χ3v) is 2.29. The van der Waals surface area contributed by atoms with Crippen LogP contribution in [0.2, 0.25) is 0 Å². The number of carbonyl (C=O) groups excluding carboxylic acids is 1. The van der Waals surface area contributed by atoms with Crippen LogP contribution in [0.15, 0.2) is 24.5 Å². The van der Waals surface area contributed by atoms with Gasteiger partial charge in [0, 0.05) is 12.7 Å². The Bertz CT molecular complexity index is 550. The van der Waals surface area contributed by atoms with Crippen molar-refractivity contribution in [2.24, 2.45) is 5.73 Å². The van der Waals surface area contributed by atoms with Gasteiger partial charge in [-0.3, -0.25) is 9.48 Å². The molecule has 0 unspecified atom stereocenters. The fourth-order valence-corrected chi connectivity index (χ4v) is 1.43. The molecule has 0 aliphatic heterocycles. The summed E-state index contributed by atoms with van der Waals surface area (Å²) in [5, 5.41) is 10.2. The lowest BCUT2D eigenvalue weighted by Gasteiger charge is -2.02. The zero-order chi connectivity index (χ0) is 13.0. The zero-order valence-corrected chi connectivity index (χ0v) is 10.00. The number of nitrogens with zero attached hydrogens (tertiary/aromatic N) is 4. The predicted octanol–water partition coefficient (Wildman–Crippen LogP) is 0.193. The molecule has 0 fully saturated rings. The molecule has 0 radical (unpaired) electrons. The average molecular weight is 246 g/mol. The van der Waals surface area contributed by atoms with Crippen LogP contribution in [0.1, 0.15) is 16.1 Å². The first kappa shape index (κ1) is 12.2. The molecule has 7 heteroatoms. The van der Waals surface area contributed by atoms with Crippen LogP contribution in [-0.2, 0) is 6.54 Å². The number of rotatable bonds is 4. The third kappa shape index (κ3) is 2.89. The SMILES string of the molecule is Cc1ccnc(NC(=O)c2cn(CCN)nn2)c1. The van der Waals surface area contributed by atoms with Gasteiger partial charge >= 0.3 is 0 Å². The van der Waals surface area contributed by atoms with Crippen molar-refractivity contribution in [2.45, 2.75) is 13.5 Å². The second kappa shape index (κ2) is 5.37. The van der Waals surface area contributed by atoms with Crippen LogP contribution < -0.4 is 11.1 Å². The van der Waals surface area contributed by atoms with Crippen molar-refractivity contribution in [3.8, 4) is 0 Å². The van der Waals surface area contributed by atoms with Gasteiger partial charge in [0.25, 0.3) is 5.91 Å². The Kier molecular flexibility index (Phi) is 3.63. The van der Waals surface area contributed by atoms with Crippen LogP contribution in [-0.4, -0.2) is 32.4 Å². The first-order valence-electron chi connectivity index (χ1n) is 5.53. The lowest BCUT2D eigenvalue weighted by atomic mass is 10.3. The molecule has 0 saturated heterocycles. The topological polar surface area (TPSA) is 98.7 Å². The van der Waals surface area contributed by atoms with Crippen LogP contribution >= 0.6 is 0 Å². The Hall–Kier alpha value is -2.28. The highest BCUT2D eigenvalue weighted by molar-refractivity contribution is 6.02. The molecular weight excluding hydrogens is 232 g/mol. The summed E-state index contributed by atoms with van der Waals surface area (Å²) in [5.74, 6) is 0.157. The Morgan fingerprint density at radius 2 is 2.39 bits per heavy atom. The van der Waals surface area contributed by atoms with Gasteiger partial charge in [0.2, 0.25) is 0 Å². The summed E-state index contributed by atoms with van der Waals surface area (Å²) < 4.78 is 1.53. The predicted molar refractivity (Wildman–Crippen MR) is 66.0 cm³/mol. The molecule has 2 aromatic rings. The summed E-state index contributed by atoms with van der Waals surface area (Å²) in [4.78, 5) is 15.9. The highest BCUT2D eigenvalue weighted by Gasteiger charge is 2.11. The lowest BCUT2D eigenvalue weighted by molar-refractivity contribution is 0.102. The zero-order valence-electron chi connectivity index (χ0n) is 10.00. The van der Waals surface area contributed by atoms with Gasteiger partial charge in [-0.15, -0.1) is 5.10 Å². The Labute approximate surface area is 104 Å². The molecule has 2 rings (SSSR count). The van der Waals surface area contributed by atoms with Gasteiger partial charge < -0.3 is 11.1 Å². The van der Waals surface area contributed by atoms with E-state index in [4.69, 9.17) is 5.73 Å². The summed E-state index contributed by atoms with van der Waals surface area (Å²) in [5.41, 5.74) is 6.65. The molecule has 0 saturated carbocycles. The molecule has 0 aromatic carbocycles. The van der Waals surface area contributed by atoms with Gasteiger partial charge in [0.1, 0.15) is 5.82 Å². The van der Waals surface area contributed by atoms with Crippen LogP contribution in [0.25, 0.3) is 0 Å². The maximum atomic E-state index is 11.8. The van der Waals surface area contributed by atoms with E-state index in [-0.39, 0.29) is 11.6 Å². The van der Waals surface area contributed by atoms with E-state index >= 15 is 0 Å². The quantitative estimate of drug-likeness (QED) is 0.802. The van der Waals surface area contributed by atoms with Gasteiger partial charge in [-0.2, -0.15) is 0 Å². The maximum Gasteiger partial charge on any atom is 0.278 e. The molecule has 0 aliphatic rings. The van der Waals surface area contributed by atoms with Crippen LogP contribution in [0.3, 0.4) is 0 Å². The highest BCUT2D eigenvalue weighted by Crippen LogP contribution is 2.06. The maximum absolute atomic E-state index is 11.8. The molecule has 94 valence electrons. The van der Waals surface area contributed by atoms with E-state index in [0.717, 1.165) is 5.56 Å². The van der Waals surface area contributed by atoms with E-state index in [1.54, 1.807) is 18.5 Å². The number of hydrogen-bond donors (Lipinski definition) is 2. The third-order valence-electron chi connectivity index (χ3n) is 2.29. The molecular formula is C11H14N6O. The van der Waals surface area contributed by atoms with Crippen molar-refractivity contribution in [3.05, 3.63) is 35.8 Å². The van der Waals surface area contributed by atoms with Gasteiger partial charge in [0.15, 0.2) is 5.69 Å². The number of anilines is 1. The van der Waals surface area contributed by atoms with E-state index in [1.165, 1.54) is 4.68 Å². The summed E-state index contributed by atoms with van der Waals surface area (Å²) in [6.07, 6.45) is 3.19. The van der Waals surface area contributed by atoms with Gasteiger partial charge in [-0.25, -0.2) is 4.98 Å². The van der Waals surface area contributed by atoms with Crippen molar-refractivity contribution < 1.29 is 4.79 Å². The fourth-order valence-electron chi connectivity index (χ4n) is 1.43. The molecule has 18 heavy (non-hydrogen) atoms. The number of aryl methyl sites for hydroxylation is 1. The van der Waals surface area contributed by atoms with E-state index in [0.29, 0.717) is 18.9 Å². The second-order valence-electron chi connectivity index (χ2n) is 3.83. The summed E-state index contributed by atoms with van der Waals surface area (Å²) in [6.45, 7) is 2.90. The number of nitrogens with two attached hydrogens (primary N) is 1. The number of hydrogen-bond acceptors (Lipinski definition) is 5. The van der Waals surface area contributed by atoms with Crippen molar-refractivity contribution >= 4 is 11.7 Å². The lowest BCUT2D eigenvalue weighted by Crippen LogP contribution is -2.13. The first-order valence-corrected chi connectivity index (χ1v) is 5.53. The molecule has 0 atom stereocenters. The fraction of sp³-hybridized carbons (Fsp3) is 0.273. The summed E-state index contributed by atoms with van der Waals surface area (Å²) >= 11 is 0. The number of aromatic nitrogens is 4. The second-order valence-corrected chi connectivity index (χ2v) is 3.83. The van der Waals surface area contributed by atoms with Crippen LogP contribution in [0.5, 0.6) is 0 Å². The molecule has 2 heterocycles. The Morgan fingerprint density at radius 1 is 1.56 bits per heavy atom. The molecule has 3 N–H and O–H groups in total. The van der Waals surface area contributed by atoms with E-state index in [1.807, 2.05) is 13.0 Å².